The van der Waals surface area contributed by atoms with Gasteiger partial charge in [0.2, 0.25) is 0 Å². The van der Waals surface area contributed by atoms with Crippen molar-refractivity contribution in [1.29, 1.82) is 0 Å². The molecule has 1 unspecified atom stereocenters. The summed E-state index contributed by atoms with van der Waals surface area (Å²) in [6.45, 7) is 4.63. The number of para-hydroxylation sites is 1. The topological polar surface area (TPSA) is 87.7 Å². The third-order valence-electron chi connectivity index (χ3n) is 2.43. The molecule has 1 atom stereocenters. The summed E-state index contributed by atoms with van der Waals surface area (Å²) in [7, 11) is 0. The lowest BCUT2D eigenvalue weighted by Crippen LogP contribution is -2.39. The standard InChI is InChI=1S/C13H17BrN2O4/c1-3-20-7-8(2)15-13(19)16-11-9(12(17)18)5-4-6-10(11)14/h4-6,8H,3,7H2,1-2H3,(H,17,18)(H2,15,16,19). The average Bonchev–Trinajstić information content (AvgIpc) is 2.38. The molecule has 0 saturated carbocycles. The van der Waals surface area contributed by atoms with E-state index in [9.17, 15) is 9.59 Å². The molecule has 7 heteroatoms. The number of nitrogens with one attached hydrogen (secondary N) is 2. The van der Waals surface area contributed by atoms with Crippen LogP contribution in [0.5, 0.6) is 0 Å². The smallest absolute Gasteiger partial charge is 0.337 e. The number of benzene rings is 1. The molecule has 2 amide bonds. The van der Waals surface area contributed by atoms with Crippen molar-refractivity contribution >= 4 is 33.6 Å². The van der Waals surface area contributed by atoms with Crippen LogP contribution in [0, 0.1) is 0 Å². The summed E-state index contributed by atoms with van der Waals surface area (Å²) in [4.78, 5) is 22.9. The number of rotatable bonds is 6. The molecule has 0 bridgehead atoms. The lowest BCUT2D eigenvalue weighted by molar-refractivity contribution is 0.0698. The molecule has 0 saturated heterocycles. The van der Waals surface area contributed by atoms with E-state index < -0.39 is 12.0 Å². The maximum atomic E-state index is 11.8. The second-order valence-corrected chi connectivity index (χ2v) is 4.98. The van der Waals surface area contributed by atoms with Crippen LogP contribution < -0.4 is 10.6 Å². The maximum Gasteiger partial charge on any atom is 0.337 e. The fraction of sp³-hybridized carbons (Fsp3) is 0.385. The molecule has 0 aliphatic rings. The van der Waals surface area contributed by atoms with Crippen LogP contribution in [0.15, 0.2) is 22.7 Å². The van der Waals surface area contributed by atoms with Crippen LogP contribution in [0.3, 0.4) is 0 Å². The Morgan fingerprint density at radius 1 is 1.45 bits per heavy atom. The van der Waals surface area contributed by atoms with Gasteiger partial charge in [-0.3, -0.25) is 0 Å². The molecular formula is C13H17BrN2O4. The first-order valence-electron chi connectivity index (χ1n) is 6.12. The van der Waals surface area contributed by atoms with Gasteiger partial charge in [-0.25, -0.2) is 9.59 Å². The Bertz CT molecular complexity index is 493. The number of carbonyl (C=O) groups excluding carboxylic acids is 1. The van der Waals surface area contributed by atoms with Gasteiger partial charge in [0.05, 0.1) is 23.9 Å². The highest BCUT2D eigenvalue weighted by atomic mass is 79.9. The molecule has 6 nitrogen and oxygen atoms in total. The molecular weight excluding hydrogens is 328 g/mol. The number of halogens is 1. The molecule has 0 aliphatic heterocycles. The SMILES string of the molecule is CCOCC(C)NC(=O)Nc1c(Br)cccc1C(=O)O. The molecule has 1 aromatic carbocycles. The molecule has 0 heterocycles. The first-order chi connectivity index (χ1) is 9.45. The van der Waals surface area contributed by atoms with Crippen LogP contribution in [0.2, 0.25) is 0 Å². The van der Waals surface area contributed by atoms with Crippen LogP contribution in [-0.2, 0) is 4.74 Å². The number of ether oxygens (including phenoxy) is 1. The molecule has 3 N–H and O–H groups in total. The summed E-state index contributed by atoms with van der Waals surface area (Å²) in [6.07, 6.45) is 0. The number of urea groups is 1. The van der Waals surface area contributed by atoms with Crippen LogP contribution in [0.25, 0.3) is 0 Å². The number of amides is 2. The number of carboxylic acids is 1. The number of carboxylic acid groups (broad SMARTS) is 1. The second-order valence-electron chi connectivity index (χ2n) is 4.13. The largest absolute Gasteiger partial charge is 0.478 e. The lowest BCUT2D eigenvalue weighted by atomic mass is 10.2. The number of hydrogen-bond donors (Lipinski definition) is 3. The number of hydrogen-bond acceptors (Lipinski definition) is 3. The summed E-state index contributed by atoms with van der Waals surface area (Å²) >= 11 is 3.22. The fourth-order valence-electron chi connectivity index (χ4n) is 1.54. The highest BCUT2D eigenvalue weighted by Gasteiger charge is 2.16. The molecule has 0 aliphatic carbocycles. The van der Waals surface area contributed by atoms with Gasteiger partial charge in [0.25, 0.3) is 0 Å². The molecule has 0 spiro atoms. The number of anilines is 1. The van der Waals surface area contributed by atoms with Gasteiger partial charge in [-0.05, 0) is 41.9 Å². The normalized spacial score (nSPS) is 11.8. The zero-order valence-corrected chi connectivity index (χ0v) is 12.9. The van der Waals surface area contributed by atoms with Crippen LogP contribution in [0.4, 0.5) is 10.5 Å². The lowest BCUT2D eigenvalue weighted by Gasteiger charge is -2.16. The van der Waals surface area contributed by atoms with E-state index in [2.05, 4.69) is 26.6 Å². The molecule has 110 valence electrons. The maximum absolute atomic E-state index is 11.8. The van der Waals surface area contributed by atoms with E-state index in [1.807, 2.05) is 6.92 Å². The third kappa shape index (κ3) is 4.82. The Balaban J connectivity index is 2.73. The van der Waals surface area contributed by atoms with Crippen molar-refractivity contribution < 1.29 is 19.4 Å². The number of carbonyl (C=O) groups is 2. The highest BCUT2D eigenvalue weighted by molar-refractivity contribution is 9.10. The van der Waals surface area contributed by atoms with E-state index in [1.54, 1.807) is 19.1 Å². The fourth-order valence-corrected chi connectivity index (χ4v) is 2.00. The van der Waals surface area contributed by atoms with Crippen LogP contribution >= 0.6 is 15.9 Å². The predicted molar refractivity (Wildman–Crippen MR) is 79.2 cm³/mol. The minimum absolute atomic E-state index is 0.0204. The Kier molecular flexibility index (Phi) is 6.47. The zero-order chi connectivity index (χ0) is 15.1. The van der Waals surface area contributed by atoms with Crippen molar-refractivity contribution in [3.63, 3.8) is 0 Å². The van der Waals surface area contributed by atoms with Gasteiger partial charge < -0.3 is 20.5 Å². The Morgan fingerprint density at radius 2 is 2.15 bits per heavy atom. The van der Waals surface area contributed by atoms with Gasteiger partial charge in [-0.15, -0.1) is 0 Å². The number of aromatic carboxylic acids is 1. The summed E-state index contributed by atoms with van der Waals surface area (Å²) in [5.74, 6) is -1.11. The predicted octanol–water partition coefficient (Wildman–Crippen LogP) is 2.69. The van der Waals surface area contributed by atoms with Crippen molar-refractivity contribution in [2.24, 2.45) is 0 Å². The molecule has 0 radical (unpaired) electrons. The van der Waals surface area contributed by atoms with Gasteiger partial charge in [-0.1, -0.05) is 6.07 Å². The van der Waals surface area contributed by atoms with Gasteiger partial charge in [0.1, 0.15) is 0 Å². The zero-order valence-electron chi connectivity index (χ0n) is 11.3. The molecule has 20 heavy (non-hydrogen) atoms. The first kappa shape index (κ1) is 16.5. The van der Waals surface area contributed by atoms with E-state index in [0.29, 0.717) is 17.7 Å². The van der Waals surface area contributed by atoms with Gasteiger partial charge in [0, 0.05) is 11.1 Å². The first-order valence-corrected chi connectivity index (χ1v) is 6.92. The van der Waals surface area contributed by atoms with Crippen molar-refractivity contribution in [3.8, 4) is 0 Å². The van der Waals surface area contributed by atoms with E-state index >= 15 is 0 Å². The molecule has 0 fully saturated rings. The van der Waals surface area contributed by atoms with Crippen molar-refractivity contribution in [2.45, 2.75) is 19.9 Å². The summed E-state index contributed by atoms with van der Waals surface area (Å²) < 4.78 is 5.69. The van der Waals surface area contributed by atoms with E-state index in [0.717, 1.165) is 0 Å². The van der Waals surface area contributed by atoms with Crippen LogP contribution in [-0.4, -0.2) is 36.4 Å². The minimum Gasteiger partial charge on any atom is -0.478 e. The highest BCUT2D eigenvalue weighted by Crippen LogP contribution is 2.26. The monoisotopic (exact) mass is 344 g/mol. The Hall–Kier alpha value is -1.60. The summed E-state index contributed by atoms with van der Waals surface area (Å²) in [5.41, 5.74) is 0.244. The van der Waals surface area contributed by atoms with Crippen molar-refractivity contribution in [3.05, 3.63) is 28.2 Å². The van der Waals surface area contributed by atoms with Gasteiger partial charge in [-0.2, -0.15) is 0 Å². The molecule has 0 aromatic heterocycles. The Morgan fingerprint density at radius 3 is 2.75 bits per heavy atom. The van der Waals surface area contributed by atoms with Gasteiger partial charge in [0.15, 0.2) is 0 Å². The average molecular weight is 345 g/mol. The summed E-state index contributed by atoms with van der Waals surface area (Å²) in [6, 6.07) is 4.02. The van der Waals surface area contributed by atoms with Crippen molar-refractivity contribution in [2.75, 3.05) is 18.5 Å². The third-order valence-corrected chi connectivity index (χ3v) is 3.09. The minimum atomic E-state index is -1.11. The quantitative estimate of drug-likeness (QED) is 0.740. The van der Waals surface area contributed by atoms with Crippen LogP contribution in [0.1, 0.15) is 24.2 Å². The van der Waals surface area contributed by atoms with E-state index in [-0.39, 0.29) is 17.3 Å². The Labute approximate surface area is 125 Å². The second kappa shape index (κ2) is 7.86. The molecule has 1 rings (SSSR count). The van der Waals surface area contributed by atoms with Crippen molar-refractivity contribution in [1.82, 2.24) is 5.32 Å². The van der Waals surface area contributed by atoms with E-state index in [4.69, 9.17) is 9.84 Å². The summed E-state index contributed by atoms with van der Waals surface area (Å²) in [5, 5.41) is 14.3. The molecule has 1 aromatic rings. The van der Waals surface area contributed by atoms with E-state index in [1.165, 1.54) is 6.07 Å². The van der Waals surface area contributed by atoms with Gasteiger partial charge >= 0.3 is 12.0 Å².